The summed E-state index contributed by atoms with van der Waals surface area (Å²) in [6.45, 7) is 6.74. The fourth-order valence-electron chi connectivity index (χ4n) is 2.64. The van der Waals surface area contributed by atoms with E-state index in [0.717, 1.165) is 37.3 Å². The maximum atomic E-state index is 12.5. The zero-order valence-electron chi connectivity index (χ0n) is 11.4. The van der Waals surface area contributed by atoms with E-state index in [1.165, 1.54) is 6.42 Å². The highest BCUT2D eigenvalue weighted by Gasteiger charge is 2.27. The van der Waals surface area contributed by atoms with Crippen LogP contribution in [0.25, 0.3) is 0 Å². The van der Waals surface area contributed by atoms with Gasteiger partial charge >= 0.3 is 0 Å². The topological polar surface area (TPSA) is 46.1 Å². The first-order valence-corrected chi connectivity index (χ1v) is 6.74. The number of likely N-dealkylation sites (tertiary alicyclic amines) is 1. The Morgan fingerprint density at radius 3 is 2.89 bits per heavy atom. The first-order valence-electron chi connectivity index (χ1n) is 6.74. The molecule has 0 N–H and O–H groups in total. The molecule has 0 bridgehead atoms. The highest BCUT2D eigenvalue weighted by Crippen LogP contribution is 2.22. The number of hydrogen-bond donors (Lipinski definition) is 0. The lowest BCUT2D eigenvalue weighted by Crippen LogP contribution is -2.43. The fraction of sp³-hybridized carbons (Fsp3) is 0.643. The summed E-state index contributed by atoms with van der Waals surface area (Å²) in [4.78, 5) is 23.0. The molecule has 18 heavy (non-hydrogen) atoms. The Morgan fingerprint density at radius 1 is 1.44 bits per heavy atom. The van der Waals surface area contributed by atoms with Gasteiger partial charge in [0.05, 0.1) is 11.3 Å². The zero-order chi connectivity index (χ0) is 13.1. The van der Waals surface area contributed by atoms with E-state index in [9.17, 15) is 4.79 Å². The minimum absolute atomic E-state index is 0.0963. The molecule has 1 aromatic rings. The Kier molecular flexibility index (Phi) is 3.94. The molecule has 0 aromatic carbocycles. The van der Waals surface area contributed by atoms with E-state index in [4.69, 9.17) is 0 Å². The molecule has 1 aromatic heterocycles. The van der Waals surface area contributed by atoms with Crippen LogP contribution in [0.1, 0.15) is 54.5 Å². The van der Waals surface area contributed by atoms with Gasteiger partial charge < -0.3 is 4.90 Å². The van der Waals surface area contributed by atoms with Crippen LogP contribution < -0.4 is 0 Å². The van der Waals surface area contributed by atoms with E-state index in [-0.39, 0.29) is 5.91 Å². The largest absolute Gasteiger partial charge is 0.336 e. The number of nitrogens with zero attached hydrogens (tertiary/aromatic N) is 3. The number of carbonyl (C=O) groups is 1. The van der Waals surface area contributed by atoms with Gasteiger partial charge in [-0.25, -0.2) is 9.97 Å². The predicted molar refractivity (Wildman–Crippen MR) is 70.5 cm³/mol. The summed E-state index contributed by atoms with van der Waals surface area (Å²) in [6, 6.07) is 0.381. The third kappa shape index (κ3) is 2.52. The van der Waals surface area contributed by atoms with Crippen LogP contribution >= 0.6 is 0 Å². The van der Waals surface area contributed by atoms with E-state index < -0.39 is 0 Å². The van der Waals surface area contributed by atoms with Crippen LogP contribution in [0.5, 0.6) is 0 Å². The maximum Gasteiger partial charge on any atom is 0.257 e. The van der Waals surface area contributed by atoms with Gasteiger partial charge in [0.2, 0.25) is 0 Å². The van der Waals surface area contributed by atoms with Gasteiger partial charge in [-0.15, -0.1) is 0 Å². The first-order chi connectivity index (χ1) is 8.63. The minimum atomic E-state index is 0.0963. The molecule has 0 saturated carbocycles. The molecule has 1 saturated heterocycles. The highest BCUT2D eigenvalue weighted by molar-refractivity contribution is 5.95. The van der Waals surface area contributed by atoms with E-state index in [1.54, 1.807) is 6.20 Å². The second-order valence-electron chi connectivity index (χ2n) is 4.97. The highest BCUT2D eigenvalue weighted by atomic mass is 16.2. The maximum absolute atomic E-state index is 12.5. The number of aryl methyl sites for hydroxylation is 2. The van der Waals surface area contributed by atoms with Crippen molar-refractivity contribution in [1.29, 1.82) is 0 Å². The number of aromatic nitrogens is 2. The second kappa shape index (κ2) is 5.46. The van der Waals surface area contributed by atoms with Gasteiger partial charge in [0, 0.05) is 18.8 Å². The smallest absolute Gasteiger partial charge is 0.257 e. The molecular formula is C14H21N3O. The van der Waals surface area contributed by atoms with Gasteiger partial charge in [0.15, 0.2) is 0 Å². The Balaban J connectivity index is 2.24. The molecule has 4 heteroatoms. The average Bonchev–Trinajstić information content (AvgIpc) is 2.38. The normalized spacial score (nSPS) is 19.9. The van der Waals surface area contributed by atoms with Gasteiger partial charge in [-0.2, -0.15) is 0 Å². The van der Waals surface area contributed by atoms with Gasteiger partial charge in [0.25, 0.3) is 5.91 Å². The lowest BCUT2D eigenvalue weighted by Gasteiger charge is -2.35. The molecule has 2 heterocycles. The summed E-state index contributed by atoms with van der Waals surface area (Å²) < 4.78 is 0. The molecule has 1 fully saturated rings. The van der Waals surface area contributed by atoms with Crippen molar-refractivity contribution in [3.05, 3.63) is 23.3 Å². The van der Waals surface area contributed by atoms with E-state index in [1.807, 2.05) is 18.7 Å². The van der Waals surface area contributed by atoms with Crippen molar-refractivity contribution in [3.63, 3.8) is 0 Å². The number of piperidine rings is 1. The van der Waals surface area contributed by atoms with Gasteiger partial charge in [-0.3, -0.25) is 4.79 Å². The second-order valence-corrected chi connectivity index (χ2v) is 4.97. The summed E-state index contributed by atoms with van der Waals surface area (Å²) >= 11 is 0. The number of carbonyl (C=O) groups excluding carboxylic acids is 1. The van der Waals surface area contributed by atoms with E-state index >= 15 is 0 Å². The Hall–Kier alpha value is -1.45. The van der Waals surface area contributed by atoms with Crippen molar-refractivity contribution < 1.29 is 4.79 Å². The van der Waals surface area contributed by atoms with Crippen molar-refractivity contribution in [2.75, 3.05) is 6.54 Å². The molecule has 4 nitrogen and oxygen atoms in total. The molecule has 98 valence electrons. The van der Waals surface area contributed by atoms with Crippen LogP contribution in [0, 0.1) is 13.8 Å². The van der Waals surface area contributed by atoms with Crippen LogP contribution in [0.15, 0.2) is 6.20 Å². The molecule has 0 spiro atoms. The molecule has 1 aliphatic rings. The van der Waals surface area contributed by atoms with Crippen LogP contribution in [-0.2, 0) is 0 Å². The molecule has 1 atom stereocenters. The molecule has 1 amide bonds. The van der Waals surface area contributed by atoms with Crippen molar-refractivity contribution in [2.45, 2.75) is 52.5 Å². The Bertz CT molecular complexity index is 445. The molecular weight excluding hydrogens is 226 g/mol. The summed E-state index contributed by atoms with van der Waals surface area (Å²) in [5.74, 6) is 0.814. The third-order valence-corrected chi connectivity index (χ3v) is 3.69. The summed E-state index contributed by atoms with van der Waals surface area (Å²) in [5.41, 5.74) is 1.44. The van der Waals surface area contributed by atoms with E-state index in [0.29, 0.717) is 11.6 Å². The quantitative estimate of drug-likeness (QED) is 0.806. The predicted octanol–water partition coefficient (Wildman–Crippen LogP) is 2.50. The van der Waals surface area contributed by atoms with Crippen molar-refractivity contribution >= 4 is 5.91 Å². The SMILES string of the molecule is CCC1CCCCN1C(=O)c1cnc(C)nc1C. The number of hydrogen-bond acceptors (Lipinski definition) is 3. The molecule has 2 rings (SSSR count). The van der Waals surface area contributed by atoms with Crippen LogP contribution in [0.3, 0.4) is 0 Å². The van der Waals surface area contributed by atoms with Gasteiger partial charge in [-0.1, -0.05) is 6.92 Å². The summed E-state index contributed by atoms with van der Waals surface area (Å²) in [6.07, 6.45) is 6.15. The Labute approximate surface area is 108 Å². The van der Waals surface area contributed by atoms with Crippen molar-refractivity contribution in [1.82, 2.24) is 14.9 Å². The number of amides is 1. The molecule has 0 radical (unpaired) electrons. The molecule has 1 aliphatic heterocycles. The first kappa shape index (κ1) is 13.0. The van der Waals surface area contributed by atoms with Crippen LogP contribution in [0.2, 0.25) is 0 Å². The monoisotopic (exact) mass is 247 g/mol. The summed E-state index contributed by atoms with van der Waals surface area (Å²) in [7, 11) is 0. The van der Waals surface area contributed by atoms with Gasteiger partial charge in [0.1, 0.15) is 5.82 Å². The summed E-state index contributed by atoms with van der Waals surface area (Å²) in [5, 5.41) is 0. The molecule has 1 unspecified atom stereocenters. The minimum Gasteiger partial charge on any atom is -0.336 e. The fourth-order valence-corrected chi connectivity index (χ4v) is 2.64. The van der Waals surface area contributed by atoms with E-state index in [2.05, 4.69) is 16.9 Å². The number of rotatable bonds is 2. The van der Waals surface area contributed by atoms with Gasteiger partial charge in [-0.05, 0) is 39.5 Å². The molecule has 0 aliphatic carbocycles. The van der Waals surface area contributed by atoms with Crippen molar-refractivity contribution in [3.8, 4) is 0 Å². The Morgan fingerprint density at radius 2 is 2.22 bits per heavy atom. The van der Waals surface area contributed by atoms with Crippen molar-refractivity contribution in [2.24, 2.45) is 0 Å². The lowest BCUT2D eigenvalue weighted by molar-refractivity contribution is 0.0606. The standard InChI is InChI=1S/C14H21N3O/c1-4-12-7-5-6-8-17(12)14(18)13-9-15-11(3)16-10(13)2/h9,12H,4-8H2,1-3H3. The van der Waals surface area contributed by atoms with Crippen LogP contribution in [0.4, 0.5) is 0 Å². The third-order valence-electron chi connectivity index (χ3n) is 3.69. The van der Waals surface area contributed by atoms with Crippen LogP contribution in [-0.4, -0.2) is 33.4 Å². The zero-order valence-corrected chi connectivity index (χ0v) is 11.4. The average molecular weight is 247 g/mol. The lowest BCUT2D eigenvalue weighted by atomic mass is 9.99.